The van der Waals surface area contributed by atoms with Crippen LogP contribution in [-0.4, -0.2) is 21.9 Å². The Hall–Kier alpha value is -1.89. The highest BCUT2D eigenvalue weighted by molar-refractivity contribution is 7.98. The van der Waals surface area contributed by atoms with Crippen molar-refractivity contribution in [3.05, 3.63) is 34.2 Å². The summed E-state index contributed by atoms with van der Waals surface area (Å²) in [6, 6.07) is 5.73. The van der Waals surface area contributed by atoms with E-state index in [0.29, 0.717) is 22.3 Å². The van der Waals surface area contributed by atoms with E-state index in [-0.39, 0.29) is 11.7 Å². The van der Waals surface area contributed by atoms with Crippen molar-refractivity contribution in [1.29, 1.82) is 0 Å². The van der Waals surface area contributed by atoms with E-state index in [0.717, 1.165) is 5.56 Å². The molecule has 0 radical (unpaired) electrons. The number of ether oxygens (including phenoxy) is 1. The molecule has 7 heteroatoms. The first-order chi connectivity index (χ1) is 9.52. The van der Waals surface area contributed by atoms with Gasteiger partial charge in [0, 0.05) is 11.8 Å². The van der Waals surface area contributed by atoms with Crippen molar-refractivity contribution < 1.29 is 4.74 Å². The monoisotopic (exact) mass is 294 g/mol. The standard InChI is InChI=1S/C13H18N4O2S/c1-8(2)17-12(18)15-16-13(17)20-7-9-4-5-11(19-3)10(14)6-9/h4-6,8H,7,14H2,1-3H3,(H,15,18). The molecule has 0 aliphatic rings. The van der Waals surface area contributed by atoms with Gasteiger partial charge in [0.15, 0.2) is 5.16 Å². The number of rotatable bonds is 5. The summed E-state index contributed by atoms with van der Waals surface area (Å²) in [5.74, 6) is 1.35. The maximum Gasteiger partial charge on any atom is 0.344 e. The number of methoxy groups -OCH3 is 1. The van der Waals surface area contributed by atoms with E-state index < -0.39 is 0 Å². The Labute approximate surface area is 121 Å². The third-order valence-corrected chi connectivity index (χ3v) is 3.87. The van der Waals surface area contributed by atoms with Crippen molar-refractivity contribution in [2.45, 2.75) is 30.8 Å². The molecule has 1 aromatic heterocycles. The number of nitrogen functional groups attached to an aromatic ring is 1. The molecule has 1 heterocycles. The lowest BCUT2D eigenvalue weighted by Gasteiger charge is -2.09. The fourth-order valence-electron chi connectivity index (χ4n) is 1.87. The van der Waals surface area contributed by atoms with E-state index in [1.54, 1.807) is 11.7 Å². The average molecular weight is 294 g/mol. The Kier molecular flexibility index (Phi) is 4.39. The summed E-state index contributed by atoms with van der Waals surface area (Å²) in [5.41, 5.74) is 7.35. The summed E-state index contributed by atoms with van der Waals surface area (Å²) in [6.45, 7) is 3.90. The average Bonchev–Trinajstić information content (AvgIpc) is 2.78. The van der Waals surface area contributed by atoms with Crippen LogP contribution in [0.3, 0.4) is 0 Å². The minimum Gasteiger partial charge on any atom is -0.495 e. The van der Waals surface area contributed by atoms with Crippen LogP contribution in [0.2, 0.25) is 0 Å². The van der Waals surface area contributed by atoms with Gasteiger partial charge in [-0.25, -0.2) is 9.89 Å². The van der Waals surface area contributed by atoms with Crippen molar-refractivity contribution in [2.24, 2.45) is 0 Å². The first-order valence-corrected chi connectivity index (χ1v) is 7.23. The lowest BCUT2D eigenvalue weighted by Crippen LogP contribution is -2.19. The van der Waals surface area contributed by atoms with Crippen LogP contribution < -0.4 is 16.2 Å². The van der Waals surface area contributed by atoms with Crippen LogP contribution in [0, 0.1) is 0 Å². The molecular weight excluding hydrogens is 276 g/mol. The molecule has 0 saturated carbocycles. The number of thioether (sulfide) groups is 1. The molecular formula is C13H18N4O2S. The number of benzene rings is 1. The SMILES string of the molecule is COc1ccc(CSc2n[nH]c(=O)n2C(C)C)cc1N. The third-order valence-electron chi connectivity index (χ3n) is 2.85. The summed E-state index contributed by atoms with van der Waals surface area (Å²) in [7, 11) is 1.59. The molecule has 0 amide bonds. The third kappa shape index (κ3) is 2.98. The molecule has 108 valence electrons. The van der Waals surface area contributed by atoms with Crippen molar-refractivity contribution >= 4 is 17.4 Å². The molecule has 0 spiro atoms. The van der Waals surface area contributed by atoms with Gasteiger partial charge in [-0.2, -0.15) is 0 Å². The number of hydrogen-bond donors (Lipinski definition) is 2. The molecule has 0 bridgehead atoms. The molecule has 3 N–H and O–H groups in total. The zero-order valence-corrected chi connectivity index (χ0v) is 12.5. The fraction of sp³-hybridized carbons (Fsp3) is 0.385. The van der Waals surface area contributed by atoms with Crippen LogP contribution in [0.1, 0.15) is 25.5 Å². The Balaban J connectivity index is 2.13. The fourth-order valence-corrected chi connectivity index (χ4v) is 2.89. The summed E-state index contributed by atoms with van der Waals surface area (Å²) in [5, 5.41) is 7.20. The molecule has 6 nitrogen and oxygen atoms in total. The van der Waals surface area contributed by atoms with Gasteiger partial charge in [-0.1, -0.05) is 17.8 Å². The smallest absolute Gasteiger partial charge is 0.344 e. The van der Waals surface area contributed by atoms with Crippen LogP contribution in [0.4, 0.5) is 5.69 Å². The van der Waals surface area contributed by atoms with Gasteiger partial charge >= 0.3 is 5.69 Å². The van der Waals surface area contributed by atoms with Gasteiger partial charge in [0.25, 0.3) is 0 Å². The van der Waals surface area contributed by atoms with Crippen LogP contribution >= 0.6 is 11.8 Å². The predicted molar refractivity (Wildman–Crippen MR) is 80.2 cm³/mol. The lowest BCUT2D eigenvalue weighted by atomic mass is 10.2. The molecule has 1 aromatic carbocycles. The lowest BCUT2D eigenvalue weighted by molar-refractivity contribution is 0.417. The van der Waals surface area contributed by atoms with Gasteiger partial charge in [0.05, 0.1) is 12.8 Å². The second kappa shape index (κ2) is 6.04. The van der Waals surface area contributed by atoms with Gasteiger partial charge in [-0.3, -0.25) is 4.57 Å². The van der Waals surface area contributed by atoms with Crippen LogP contribution in [0.25, 0.3) is 0 Å². The van der Waals surface area contributed by atoms with Crippen molar-refractivity contribution in [3.8, 4) is 5.75 Å². The number of nitrogens with two attached hydrogens (primary N) is 1. The molecule has 2 aromatic rings. The first kappa shape index (κ1) is 14.5. The van der Waals surface area contributed by atoms with E-state index in [1.165, 1.54) is 11.8 Å². The second-order valence-corrected chi connectivity index (χ2v) is 5.58. The number of anilines is 1. The molecule has 2 rings (SSSR count). The molecule has 0 aliphatic heterocycles. The van der Waals surface area contributed by atoms with Crippen LogP contribution in [0.15, 0.2) is 28.2 Å². The largest absolute Gasteiger partial charge is 0.495 e. The zero-order valence-electron chi connectivity index (χ0n) is 11.7. The Bertz CT molecular complexity index is 648. The van der Waals surface area contributed by atoms with Crippen LogP contribution in [0.5, 0.6) is 5.75 Å². The highest BCUT2D eigenvalue weighted by Crippen LogP contribution is 2.26. The number of nitrogens with zero attached hydrogens (tertiary/aromatic N) is 2. The van der Waals surface area contributed by atoms with Gasteiger partial charge < -0.3 is 10.5 Å². The van der Waals surface area contributed by atoms with E-state index in [4.69, 9.17) is 10.5 Å². The number of aromatic amines is 1. The van der Waals surface area contributed by atoms with Crippen molar-refractivity contribution in [2.75, 3.05) is 12.8 Å². The van der Waals surface area contributed by atoms with E-state index >= 15 is 0 Å². The Morgan fingerprint density at radius 1 is 1.50 bits per heavy atom. The maximum atomic E-state index is 11.6. The minimum atomic E-state index is -0.184. The Morgan fingerprint density at radius 2 is 2.25 bits per heavy atom. The van der Waals surface area contributed by atoms with E-state index in [2.05, 4.69) is 10.2 Å². The molecule has 0 saturated heterocycles. The highest BCUT2D eigenvalue weighted by atomic mass is 32.2. The van der Waals surface area contributed by atoms with Gasteiger partial charge in [-0.15, -0.1) is 5.10 Å². The van der Waals surface area contributed by atoms with Crippen LogP contribution in [-0.2, 0) is 5.75 Å². The molecule has 0 atom stereocenters. The second-order valence-electron chi connectivity index (χ2n) is 4.64. The number of hydrogen-bond acceptors (Lipinski definition) is 5. The van der Waals surface area contributed by atoms with Gasteiger partial charge in [0.1, 0.15) is 5.75 Å². The van der Waals surface area contributed by atoms with E-state index in [1.807, 2.05) is 32.0 Å². The Morgan fingerprint density at radius 3 is 2.85 bits per heavy atom. The predicted octanol–water partition coefficient (Wildman–Crippen LogP) is 2.04. The first-order valence-electron chi connectivity index (χ1n) is 6.25. The topological polar surface area (TPSA) is 85.9 Å². The zero-order chi connectivity index (χ0) is 14.7. The molecule has 0 unspecified atom stereocenters. The quantitative estimate of drug-likeness (QED) is 0.651. The summed E-state index contributed by atoms with van der Waals surface area (Å²) < 4.78 is 6.76. The molecule has 0 fully saturated rings. The van der Waals surface area contributed by atoms with E-state index in [9.17, 15) is 4.79 Å². The van der Waals surface area contributed by atoms with Gasteiger partial charge in [-0.05, 0) is 31.5 Å². The summed E-state index contributed by atoms with van der Waals surface area (Å²) in [6.07, 6.45) is 0. The highest BCUT2D eigenvalue weighted by Gasteiger charge is 2.12. The minimum absolute atomic E-state index is 0.0738. The summed E-state index contributed by atoms with van der Waals surface area (Å²) in [4.78, 5) is 11.6. The maximum absolute atomic E-state index is 11.6. The van der Waals surface area contributed by atoms with Gasteiger partial charge in [0.2, 0.25) is 0 Å². The number of aromatic nitrogens is 3. The molecule has 0 aliphatic carbocycles. The molecule has 20 heavy (non-hydrogen) atoms. The van der Waals surface area contributed by atoms with Crippen molar-refractivity contribution in [1.82, 2.24) is 14.8 Å². The number of H-pyrrole nitrogens is 1. The summed E-state index contributed by atoms with van der Waals surface area (Å²) >= 11 is 1.50. The van der Waals surface area contributed by atoms with Crippen molar-refractivity contribution in [3.63, 3.8) is 0 Å². The number of nitrogens with one attached hydrogen (secondary N) is 1. The normalized spacial score (nSPS) is 11.0.